The van der Waals surface area contributed by atoms with E-state index in [0.29, 0.717) is 6.54 Å². The largest absolute Gasteiger partial charge is 0.497 e. The van der Waals surface area contributed by atoms with Crippen LogP contribution in [0.15, 0.2) is 35.6 Å². The van der Waals surface area contributed by atoms with Crippen molar-refractivity contribution in [1.82, 2.24) is 25.4 Å². The predicted molar refractivity (Wildman–Crippen MR) is 109 cm³/mol. The van der Waals surface area contributed by atoms with Gasteiger partial charge in [0.2, 0.25) is 0 Å². The Labute approximate surface area is 166 Å². The molecular weight excluding hydrogens is 356 g/mol. The van der Waals surface area contributed by atoms with Gasteiger partial charge < -0.3 is 24.7 Å². The van der Waals surface area contributed by atoms with Crippen LogP contribution in [0.5, 0.6) is 5.75 Å². The summed E-state index contributed by atoms with van der Waals surface area (Å²) in [6, 6.07) is 7.97. The summed E-state index contributed by atoms with van der Waals surface area (Å²) in [4.78, 5) is 4.73. The number of nitrogens with zero attached hydrogens (tertiary/aromatic N) is 4. The number of guanidine groups is 1. The molecule has 1 atom stereocenters. The number of aliphatic imine (C=N–C) groups is 1. The second kappa shape index (κ2) is 10.7. The van der Waals surface area contributed by atoms with Gasteiger partial charge in [-0.3, -0.25) is 0 Å². The molecule has 2 N–H and O–H groups in total. The lowest BCUT2D eigenvalue weighted by Gasteiger charge is -2.16. The van der Waals surface area contributed by atoms with E-state index in [0.717, 1.165) is 68.6 Å². The van der Waals surface area contributed by atoms with Gasteiger partial charge in [0.15, 0.2) is 5.96 Å². The van der Waals surface area contributed by atoms with Crippen molar-refractivity contribution in [2.45, 2.75) is 45.4 Å². The van der Waals surface area contributed by atoms with Crippen LogP contribution in [0, 0.1) is 0 Å². The number of nitrogens with one attached hydrogen (secondary N) is 2. The second-order valence-electron chi connectivity index (χ2n) is 6.75. The number of benzene rings is 1. The topological polar surface area (TPSA) is 85.6 Å². The van der Waals surface area contributed by atoms with Crippen LogP contribution in [-0.4, -0.2) is 53.6 Å². The molecule has 1 aliphatic heterocycles. The van der Waals surface area contributed by atoms with E-state index in [4.69, 9.17) is 14.5 Å². The Morgan fingerprint density at radius 3 is 3.11 bits per heavy atom. The van der Waals surface area contributed by atoms with Crippen LogP contribution in [0.2, 0.25) is 0 Å². The van der Waals surface area contributed by atoms with Gasteiger partial charge in [0.1, 0.15) is 17.9 Å². The number of ether oxygens (including phenoxy) is 2. The van der Waals surface area contributed by atoms with Crippen molar-refractivity contribution >= 4 is 5.96 Å². The minimum Gasteiger partial charge on any atom is -0.497 e. The molecule has 8 nitrogen and oxygen atoms in total. The molecule has 152 valence electrons. The van der Waals surface area contributed by atoms with Crippen molar-refractivity contribution in [3.63, 3.8) is 0 Å². The molecule has 0 bridgehead atoms. The number of aromatic nitrogens is 3. The van der Waals surface area contributed by atoms with Crippen LogP contribution < -0.4 is 15.4 Å². The van der Waals surface area contributed by atoms with Gasteiger partial charge in [-0.05, 0) is 30.5 Å². The van der Waals surface area contributed by atoms with Crippen molar-refractivity contribution in [3.05, 3.63) is 42.0 Å². The third kappa shape index (κ3) is 5.95. The van der Waals surface area contributed by atoms with Crippen LogP contribution in [0.4, 0.5) is 0 Å². The van der Waals surface area contributed by atoms with E-state index in [2.05, 4.69) is 38.4 Å². The van der Waals surface area contributed by atoms with E-state index < -0.39 is 0 Å². The van der Waals surface area contributed by atoms with Crippen molar-refractivity contribution in [1.29, 1.82) is 0 Å². The molecule has 0 aliphatic carbocycles. The Morgan fingerprint density at radius 2 is 2.32 bits per heavy atom. The van der Waals surface area contributed by atoms with Crippen LogP contribution >= 0.6 is 0 Å². The molecule has 28 heavy (non-hydrogen) atoms. The first-order chi connectivity index (χ1) is 13.8. The smallest absolute Gasteiger partial charge is 0.191 e. The highest BCUT2D eigenvalue weighted by atomic mass is 16.5. The Kier molecular flexibility index (Phi) is 7.66. The maximum Gasteiger partial charge on any atom is 0.191 e. The van der Waals surface area contributed by atoms with Crippen molar-refractivity contribution < 1.29 is 9.47 Å². The number of rotatable bonds is 9. The van der Waals surface area contributed by atoms with Crippen LogP contribution in [0.1, 0.15) is 31.2 Å². The highest BCUT2D eigenvalue weighted by Gasteiger charge is 2.15. The lowest BCUT2D eigenvalue weighted by molar-refractivity contribution is 0.114. The first-order valence-corrected chi connectivity index (χ1v) is 9.92. The van der Waals surface area contributed by atoms with Crippen LogP contribution in [0.3, 0.4) is 0 Å². The third-order valence-corrected chi connectivity index (χ3v) is 4.73. The highest BCUT2D eigenvalue weighted by Crippen LogP contribution is 2.13. The Morgan fingerprint density at radius 1 is 1.39 bits per heavy atom. The summed E-state index contributed by atoms with van der Waals surface area (Å²) in [5.74, 6) is 2.61. The van der Waals surface area contributed by atoms with E-state index in [-0.39, 0.29) is 6.10 Å². The lowest BCUT2D eigenvalue weighted by Crippen LogP contribution is -2.42. The van der Waals surface area contributed by atoms with E-state index in [1.807, 2.05) is 18.2 Å². The minimum absolute atomic E-state index is 0.258. The number of hydrogen-bond acceptors (Lipinski definition) is 5. The normalized spacial score (nSPS) is 16.9. The summed E-state index contributed by atoms with van der Waals surface area (Å²) in [7, 11) is 1.67. The van der Waals surface area contributed by atoms with Gasteiger partial charge in [-0.25, -0.2) is 4.99 Å². The first kappa shape index (κ1) is 20.1. The zero-order valence-electron chi connectivity index (χ0n) is 16.7. The SMILES string of the molecule is CCc1nncn1CCNC(=NCc1cccc(OC)c1)NCC1CCCO1. The Bertz CT molecular complexity index is 755. The van der Waals surface area contributed by atoms with Gasteiger partial charge in [0.25, 0.3) is 0 Å². The Balaban J connectivity index is 1.58. The molecule has 3 rings (SSSR count). The van der Waals surface area contributed by atoms with E-state index in [1.54, 1.807) is 13.4 Å². The molecular formula is C20H30N6O2. The minimum atomic E-state index is 0.258. The number of methoxy groups -OCH3 is 1. The van der Waals surface area contributed by atoms with Gasteiger partial charge in [-0.15, -0.1) is 10.2 Å². The van der Waals surface area contributed by atoms with Gasteiger partial charge in [0.05, 0.1) is 19.8 Å². The monoisotopic (exact) mass is 386 g/mol. The summed E-state index contributed by atoms with van der Waals surface area (Å²) in [6.07, 6.45) is 5.12. The maximum atomic E-state index is 5.71. The Hall–Kier alpha value is -2.61. The number of hydrogen-bond donors (Lipinski definition) is 2. The molecule has 1 aliphatic rings. The summed E-state index contributed by atoms with van der Waals surface area (Å²) >= 11 is 0. The zero-order valence-corrected chi connectivity index (χ0v) is 16.7. The molecule has 0 radical (unpaired) electrons. The van der Waals surface area contributed by atoms with E-state index in [9.17, 15) is 0 Å². The maximum absolute atomic E-state index is 5.71. The standard InChI is InChI=1S/C20H30N6O2/c1-3-19-25-24-15-26(19)10-9-21-20(23-14-18-8-5-11-28-18)22-13-16-6-4-7-17(12-16)27-2/h4,6-7,12,15,18H,3,5,8-11,13-14H2,1-2H3,(H2,21,22,23). The fraction of sp³-hybridized carbons (Fsp3) is 0.550. The molecule has 2 heterocycles. The van der Waals surface area contributed by atoms with Gasteiger partial charge in [-0.1, -0.05) is 19.1 Å². The molecule has 1 saturated heterocycles. The molecule has 0 saturated carbocycles. The van der Waals surface area contributed by atoms with Crippen molar-refractivity contribution in [3.8, 4) is 5.75 Å². The molecule has 2 aromatic rings. The molecule has 1 aromatic carbocycles. The van der Waals surface area contributed by atoms with Gasteiger partial charge in [0, 0.05) is 32.7 Å². The van der Waals surface area contributed by atoms with Crippen LogP contribution in [0.25, 0.3) is 0 Å². The molecule has 1 fully saturated rings. The molecule has 0 spiro atoms. The fourth-order valence-electron chi connectivity index (χ4n) is 3.17. The summed E-state index contributed by atoms with van der Waals surface area (Å²) in [6.45, 7) is 5.79. The lowest BCUT2D eigenvalue weighted by atomic mass is 10.2. The van der Waals surface area contributed by atoms with E-state index in [1.165, 1.54) is 0 Å². The summed E-state index contributed by atoms with van der Waals surface area (Å²) in [5, 5.41) is 14.9. The molecule has 1 aromatic heterocycles. The van der Waals surface area contributed by atoms with Crippen molar-refractivity contribution in [2.75, 3.05) is 26.8 Å². The van der Waals surface area contributed by atoms with E-state index >= 15 is 0 Å². The predicted octanol–water partition coefficient (Wildman–Crippen LogP) is 1.76. The quantitative estimate of drug-likeness (QED) is 0.505. The molecule has 8 heteroatoms. The van der Waals surface area contributed by atoms with Gasteiger partial charge >= 0.3 is 0 Å². The average Bonchev–Trinajstić information content (AvgIpc) is 3.41. The highest BCUT2D eigenvalue weighted by molar-refractivity contribution is 5.79. The fourth-order valence-corrected chi connectivity index (χ4v) is 3.17. The summed E-state index contributed by atoms with van der Waals surface area (Å²) < 4.78 is 13.1. The number of aryl methyl sites for hydroxylation is 1. The molecule has 1 unspecified atom stereocenters. The summed E-state index contributed by atoms with van der Waals surface area (Å²) in [5.41, 5.74) is 1.10. The third-order valence-electron chi connectivity index (χ3n) is 4.73. The first-order valence-electron chi connectivity index (χ1n) is 9.92. The average molecular weight is 387 g/mol. The van der Waals surface area contributed by atoms with Crippen molar-refractivity contribution in [2.24, 2.45) is 4.99 Å². The van der Waals surface area contributed by atoms with Gasteiger partial charge in [-0.2, -0.15) is 0 Å². The second-order valence-corrected chi connectivity index (χ2v) is 6.75. The van der Waals surface area contributed by atoms with Crippen LogP contribution in [-0.2, 0) is 24.2 Å². The zero-order chi connectivity index (χ0) is 19.6. The molecule has 0 amide bonds.